The maximum absolute atomic E-state index is 9.93. The Balaban J connectivity index is 2.09. The van der Waals surface area contributed by atoms with Gasteiger partial charge in [-0.3, -0.25) is 0 Å². The summed E-state index contributed by atoms with van der Waals surface area (Å²) in [6, 6.07) is 0. The SMILES string of the molecule is OCC1O[C@@H](O[C@H]2C(O)C(O)CO[C@H]2CO)[C@@H](O)C(O)[C@@H]1O. The van der Waals surface area contributed by atoms with Gasteiger partial charge in [0.1, 0.15) is 48.8 Å². The Morgan fingerprint density at radius 2 is 1.45 bits per heavy atom. The molecule has 0 amide bonds. The minimum Gasteiger partial charge on any atom is -0.394 e. The van der Waals surface area contributed by atoms with Crippen LogP contribution in [0.3, 0.4) is 0 Å². The molecular formula is C12H22O10. The van der Waals surface area contributed by atoms with E-state index in [0.717, 1.165) is 0 Å². The summed E-state index contributed by atoms with van der Waals surface area (Å²) in [5, 5.41) is 67.0. The van der Waals surface area contributed by atoms with Gasteiger partial charge in [-0.05, 0) is 0 Å². The molecule has 2 fully saturated rings. The largest absolute Gasteiger partial charge is 0.394 e. The van der Waals surface area contributed by atoms with E-state index in [-0.39, 0.29) is 6.61 Å². The van der Waals surface area contributed by atoms with Crippen molar-refractivity contribution in [2.75, 3.05) is 19.8 Å². The number of hydrogen-bond donors (Lipinski definition) is 7. The van der Waals surface area contributed by atoms with Crippen LogP contribution in [0.5, 0.6) is 0 Å². The second-order valence-corrected chi connectivity index (χ2v) is 5.41. The van der Waals surface area contributed by atoms with Crippen LogP contribution >= 0.6 is 0 Å². The summed E-state index contributed by atoms with van der Waals surface area (Å²) in [4.78, 5) is 0. The molecule has 2 rings (SSSR count). The Kier molecular flexibility index (Phi) is 6.07. The second-order valence-electron chi connectivity index (χ2n) is 5.41. The van der Waals surface area contributed by atoms with Gasteiger partial charge in [-0.1, -0.05) is 0 Å². The van der Waals surface area contributed by atoms with Gasteiger partial charge in [0, 0.05) is 0 Å². The molecule has 0 aromatic heterocycles. The molecular weight excluding hydrogens is 304 g/mol. The van der Waals surface area contributed by atoms with Gasteiger partial charge in [0.05, 0.1) is 19.8 Å². The minimum absolute atomic E-state index is 0.194. The highest BCUT2D eigenvalue weighted by Crippen LogP contribution is 2.27. The highest BCUT2D eigenvalue weighted by atomic mass is 16.7. The Hall–Kier alpha value is -0.400. The van der Waals surface area contributed by atoms with Gasteiger partial charge in [0.2, 0.25) is 0 Å². The van der Waals surface area contributed by atoms with Crippen LogP contribution < -0.4 is 0 Å². The van der Waals surface area contributed by atoms with Crippen molar-refractivity contribution in [1.82, 2.24) is 0 Å². The average Bonchev–Trinajstić information content (AvgIpc) is 2.52. The highest BCUT2D eigenvalue weighted by Gasteiger charge is 2.48. The summed E-state index contributed by atoms with van der Waals surface area (Å²) < 4.78 is 15.6. The topological polar surface area (TPSA) is 169 Å². The number of ether oxygens (including phenoxy) is 3. The maximum Gasteiger partial charge on any atom is 0.187 e. The molecule has 0 radical (unpaired) electrons. The van der Waals surface area contributed by atoms with Gasteiger partial charge >= 0.3 is 0 Å². The van der Waals surface area contributed by atoms with E-state index < -0.39 is 68.3 Å². The zero-order valence-electron chi connectivity index (χ0n) is 11.7. The van der Waals surface area contributed by atoms with E-state index in [4.69, 9.17) is 19.3 Å². The Bertz CT molecular complexity index is 351. The molecule has 0 bridgehead atoms. The smallest absolute Gasteiger partial charge is 0.187 e. The first kappa shape index (κ1) is 17.9. The fourth-order valence-electron chi connectivity index (χ4n) is 2.51. The number of aliphatic hydroxyl groups is 7. The third-order valence-corrected chi connectivity index (χ3v) is 3.90. The molecule has 0 spiro atoms. The fraction of sp³-hybridized carbons (Fsp3) is 1.00. The fourth-order valence-corrected chi connectivity index (χ4v) is 2.51. The molecule has 10 nitrogen and oxygen atoms in total. The van der Waals surface area contributed by atoms with Crippen molar-refractivity contribution in [3.8, 4) is 0 Å². The predicted octanol–water partition coefficient (Wildman–Crippen LogP) is -4.72. The Morgan fingerprint density at radius 3 is 2.05 bits per heavy atom. The van der Waals surface area contributed by atoms with Crippen molar-refractivity contribution in [2.24, 2.45) is 0 Å². The molecule has 0 aliphatic carbocycles. The molecule has 2 saturated heterocycles. The van der Waals surface area contributed by atoms with Crippen molar-refractivity contribution in [3.05, 3.63) is 0 Å². The van der Waals surface area contributed by atoms with Crippen LogP contribution in [-0.2, 0) is 14.2 Å². The van der Waals surface area contributed by atoms with Crippen LogP contribution in [0.4, 0.5) is 0 Å². The molecule has 10 heteroatoms. The number of rotatable bonds is 4. The quantitative estimate of drug-likeness (QED) is 0.266. The maximum atomic E-state index is 9.93. The first-order valence-corrected chi connectivity index (χ1v) is 6.95. The minimum atomic E-state index is -1.65. The van der Waals surface area contributed by atoms with Crippen molar-refractivity contribution in [1.29, 1.82) is 0 Å². The highest BCUT2D eigenvalue weighted by molar-refractivity contribution is 4.92. The van der Waals surface area contributed by atoms with Crippen LogP contribution in [0, 0.1) is 0 Å². The van der Waals surface area contributed by atoms with E-state index in [1.165, 1.54) is 0 Å². The van der Waals surface area contributed by atoms with E-state index in [2.05, 4.69) is 0 Å². The van der Waals surface area contributed by atoms with E-state index in [1.807, 2.05) is 0 Å². The standard InChI is InChI=1S/C12H22O10/c13-1-5-8(17)9(18)10(19)12(21-5)22-11-6(2-14)20-3-4(15)7(11)16/h4-19H,1-3H2/t4?,5?,6-,7?,8+,9?,10-,11+,12-/m0/s1. The monoisotopic (exact) mass is 326 g/mol. The molecule has 9 atom stereocenters. The molecule has 0 aromatic rings. The lowest BCUT2D eigenvalue weighted by Crippen LogP contribution is -2.63. The van der Waals surface area contributed by atoms with Gasteiger partial charge in [-0.2, -0.15) is 0 Å². The molecule has 2 heterocycles. The van der Waals surface area contributed by atoms with E-state index in [1.54, 1.807) is 0 Å². The summed E-state index contributed by atoms with van der Waals surface area (Å²) in [5.41, 5.74) is 0. The predicted molar refractivity (Wildman–Crippen MR) is 67.5 cm³/mol. The lowest BCUT2D eigenvalue weighted by atomic mass is 9.97. The third-order valence-electron chi connectivity index (χ3n) is 3.90. The molecule has 4 unspecified atom stereocenters. The summed E-state index contributed by atoms with van der Waals surface area (Å²) in [5.74, 6) is 0. The lowest BCUT2D eigenvalue weighted by molar-refractivity contribution is -0.336. The second kappa shape index (κ2) is 7.45. The van der Waals surface area contributed by atoms with Crippen LogP contribution in [0.15, 0.2) is 0 Å². The number of hydrogen-bond acceptors (Lipinski definition) is 10. The van der Waals surface area contributed by atoms with Crippen LogP contribution in [0.1, 0.15) is 0 Å². The van der Waals surface area contributed by atoms with Crippen LogP contribution in [0.25, 0.3) is 0 Å². The summed E-state index contributed by atoms with van der Waals surface area (Å²) in [6.45, 7) is -1.33. The number of aliphatic hydroxyl groups excluding tert-OH is 7. The van der Waals surface area contributed by atoms with Crippen molar-refractivity contribution < 1.29 is 50.0 Å². The van der Waals surface area contributed by atoms with E-state index >= 15 is 0 Å². The molecule has 2 aliphatic heterocycles. The van der Waals surface area contributed by atoms with Crippen LogP contribution in [0.2, 0.25) is 0 Å². The molecule has 0 aromatic carbocycles. The van der Waals surface area contributed by atoms with E-state index in [9.17, 15) is 30.6 Å². The zero-order chi connectivity index (χ0) is 16.4. The first-order chi connectivity index (χ1) is 10.4. The first-order valence-electron chi connectivity index (χ1n) is 6.95. The van der Waals surface area contributed by atoms with Gasteiger partial charge in [-0.25, -0.2) is 0 Å². The molecule has 22 heavy (non-hydrogen) atoms. The molecule has 130 valence electrons. The molecule has 0 saturated carbocycles. The van der Waals surface area contributed by atoms with Gasteiger partial charge in [-0.15, -0.1) is 0 Å². The van der Waals surface area contributed by atoms with E-state index in [0.29, 0.717) is 0 Å². The Labute approximate surface area is 126 Å². The third kappa shape index (κ3) is 3.41. The summed E-state index contributed by atoms with van der Waals surface area (Å²) in [7, 11) is 0. The van der Waals surface area contributed by atoms with Crippen molar-refractivity contribution in [3.63, 3.8) is 0 Å². The molecule has 7 N–H and O–H groups in total. The van der Waals surface area contributed by atoms with Crippen molar-refractivity contribution >= 4 is 0 Å². The Morgan fingerprint density at radius 1 is 0.818 bits per heavy atom. The zero-order valence-corrected chi connectivity index (χ0v) is 11.7. The lowest BCUT2D eigenvalue weighted by Gasteiger charge is -2.44. The normalized spacial score (nSPS) is 50.0. The van der Waals surface area contributed by atoms with Crippen LogP contribution in [-0.4, -0.2) is 111 Å². The van der Waals surface area contributed by atoms with Gasteiger partial charge in [0.15, 0.2) is 6.29 Å². The van der Waals surface area contributed by atoms with Gasteiger partial charge < -0.3 is 50.0 Å². The van der Waals surface area contributed by atoms with Crippen molar-refractivity contribution in [2.45, 2.75) is 55.1 Å². The van der Waals surface area contributed by atoms with Gasteiger partial charge in [0.25, 0.3) is 0 Å². The molecule has 2 aliphatic rings. The summed E-state index contributed by atoms with van der Waals surface area (Å²) >= 11 is 0. The summed E-state index contributed by atoms with van der Waals surface area (Å²) in [6.07, 6.45) is -12.3. The average molecular weight is 326 g/mol.